The van der Waals surface area contributed by atoms with Gasteiger partial charge in [0.05, 0.1) is 0 Å². The molecule has 6 rings (SSSR count). The molecule has 0 saturated heterocycles. The summed E-state index contributed by atoms with van der Waals surface area (Å²) in [4.78, 5) is 47.3. The number of rotatable bonds is 17. The number of hydrogen-bond donors (Lipinski definition) is 3. The third-order valence-corrected chi connectivity index (χ3v) is 10.3. The highest BCUT2D eigenvalue weighted by molar-refractivity contribution is 6.58. The van der Waals surface area contributed by atoms with Crippen molar-refractivity contribution < 1.29 is 22.6 Å². The van der Waals surface area contributed by atoms with E-state index >= 15 is 8.63 Å². The molecule has 11 nitrogen and oxygen atoms in total. The van der Waals surface area contributed by atoms with Gasteiger partial charge in [0.15, 0.2) is 18.0 Å². The highest BCUT2D eigenvalue weighted by Gasteiger charge is 2.54. The van der Waals surface area contributed by atoms with Crippen LogP contribution in [0.3, 0.4) is 0 Å². The first-order valence-corrected chi connectivity index (χ1v) is 18.9. The summed E-state index contributed by atoms with van der Waals surface area (Å²) in [5.74, 6) is 0.785. The Morgan fingerprint density at radius 3 is 2.34 bits per heavy atom. The van der Waals surface area contributed by atoms with Crippen LogP contribution in [0.25, 0.3) is 28.1 Å². The number of benzene rings is 1. The maximum Gasteiger partial charge on any atom is 0.737 e. The highest BCUT2D eigenvalue weighted by Crippen LogP contribution is 2.43. The number of nitrogens with one attached hydrogen (secondary N) is 3. The molecule has 1 amide bonds. The number of nitrogens with zero attached hydrogens (tertiary/aromatic N) is 4. The second kappa shape index (κ2) is 15.9. The molecule has 282 valence electrons. The molecule has 0 unspecified atom stereocenters. The number of carbonyl (C=O) groups excluding carboxylic acids is 1. The zero-order valence-corrected chi connectivity index (χ0v) is 31.4. The van der Waals surface area contributed by atoms with E-state index < -0.39 is 18.2 Å². The summed E-state index contributed by atoms with van der Waals surface area (Å²) in [7, 11) is 0. The number of imidazole rings is 1. The molecule has 2 aliphatic rings. The minimum absolute atomic E-state index is 0.0966. The van der Waals surface area contributed by atoms with Crippen molar-refractivity contribution in [3.63, 3.8) is 0 Å². The second-order valence-corrected chi connectivity index (χ2v) is 14.4. The summed E-state index contributed by atoms with van der Waals surface area (Å²) in [5, 5.41) is 2.92. The van der Waals surface area contributed by atoms with Crippen LogP contribution in [0.5, 0.6) is 5.75 Å². The normalized spacial score (nSPS) is 14.9. The standard InChI is InChI=1S/C39H50BF2N7O4/c1-6-21-47-38(51)33-37(46-39(47)52)45-36(44-33)29-16-18-30(19-17-29)53-24-32(50)43-20-14-12-10-8-7-9-11-13-15-31-34-25(2)22-27(4)48(34)40(41,42)49-28(5)23-26(3)35(31)49/h16-19,22-23H,6-15,20-21,24H2,1-5H3,(H,43,50)(H,44,45)(H,46,52). The van der Waals surface area contributed by atoms with Crippen molar-refractivity contribution in [1.29, 1.82) is 0 Å². The average molecular weight is 730 g/mol. The van der Waals surface area contributed by atoms with Crippen LogP contribution in [-0.2, 0) is 11.3 Å². The van der Waals surface area contributed by atoms with Crippen LogP contribution in [0.2, 0.25) is 0 Å². The molecule has 0 bridgehead atoms. The van der Waals surface area contributed by atoms with E-state index in [4.69, 9.17) is 4.74 Å². The number of allylic oxidation sites excluding steroid dienone is 3. The molecular weight excluding hydrogens is 679 g/mol. The van der Waals surface area contributed by atoms with Crippen LogP contribution >= 0.6 is 0 Å². The Labute approximate surface area is 307 Å². The molecule has 0 aliphatic carbocycles. The Morgan fingerprint density at radius 1 is 0.962 bits per heavy atom. The Hall–Kier alpha value is -5.01. The Bertz CT molecular complexity index is 2220. The maximum atomic E-state index is 15.7. The van der Waals surface area contributed by atoms with E-state index in [0.717, 1.165) is 79.1 Å². The minimum Gasteiger partial charge on any atom is -0.484 e. The average Bonchev–Trinajstić information content (AvgIpc) is 3.78. The van der Waals surface area contributed by atoms with Gasteiger partial charge in [0.1, 0.15) is 22.8 Å². The number of hydrogen-bond acceptors (Lipinski definition) is 5. The first kappa shape index (κ1) is 37.7. The number of aromatic amines is 2. The smallest absolute Gasteiger partial charge is 0.484 e. The molecule has 0 saturated carbocycles. The van der Waals surface area contributed by atoms with Gasteiger partial charge in [-0.2, -0.15) is 0 Å². The van der Waals surface area contributed by atoms with Crippen LogP contribution in [0.4, 0.5) is 8.63 Å². The lowest BCUT2D eigenvalue weighted by atomic mass is 9.84. The van der Waals surface area contributed by atoms with E-state index in [1.807, 2.05) is 32.9 Å². The van der Waals surface area contributed by atoms with Crippen molar-refractivity contribution in [2.24, 2.45) is 0 Å². The van der Waals surface area contributed by atoms with Crippen LogP contribution in [0.1, 0.15) is 102 Å². The van der Waals surface area contributed by atoms with Gasteiger partial charge in [-0.3, -0.25) is 19.1 Å². The summed E-state index contributed by atoms with van der Waals surface area (Å²) in [6, 6.07) is 8.88. The molecular formula is C39H50BF2N7O4. The molecule has 4 aromatic rings. The summed E-state index contributed by atoms with van der Waals surface area (Å²) in [6.45, 7) is 6.24. The van der Waals surface area contributed by atoms with Crippen molar-refractivity contribution >= 4 is 35.3 Å². The molecule has 1 aromatic carbocycles. The fourth-order valence-corrected chi connectivity index (χ4v) is 7.87. The number of amides is 1. The van der Waals surface area contributed by atoms with Gasteiger partial charge < -0.3 is 32.6 Å². The van der Waals surface area contributed by atoms with Gasteiger partial charge >= 0.3 is 12.7 Å². The highest BCUT2D eigenvalue weighted by atomic mass is 19.2. The van der Waals surface area contributed by atoms with Gasteiger partial charge in [-0.1, -0.05) is 45.4 Å². The predicted octanol–water partition coefficient (Wildman–Crippen LogP) is 7.00. The second-order valence-electron chi connectivity index (χ2n) is 14.4. The number of carbonyl (C=O) groups is 1. The Kier molecular flexibility index (Phi) is 11.3. The quantitative estimate of drug-likeness (QED) is 0.0797. The lowest BCUT2D eigenvalue weighted by Crippen LogP contribution is -2.51. The molecule has 3 aromatic heterocycles. The first-order chi connectivity index (χ1) is 25.4. The number of H-pyrrole nitrogens is 2. The molecule has 5 heterocycles. The van der Waals surface area contributed by atoms with Gasteiger partial charge in [0.25, 0.3) is 11.5 Å². The molecule has 0 spiro atoms. The Morgan fingerprint density at radius 2 is 1.64 bits per heavy atom. The lowest BCUT2D eigenvalue weighted by Gasteiger charge is -2.34. The van der Waals surface area contributed by atoms with Crippen molar-refractivity contribution in [3.8, 4) is 17.1 Å². The SMILES string of the molecule is CCCn1c(=O)[nH]c2nc(-c3ccc(OCC(=O)NCCCCCCCCCCC4=C5C(C)=CC(C)=[N+]5[B-](F)(F)n5c(C)cc(C)c54)cc3)[nH]c2c1=O. The topological polar surface area (TPSA) is 130 Å². The summed E-state index contributed by atoms with van der Waals surface area (Å²) in [5.41, 5.74) is 5.77. The monoisotopic (exact) mass is 729 g/mol. The largest absolute Gasteiger partial charge is 0.737 e. The van der Waals surface area contributed by atoms with E-state index in [9.17, 15) is 14.4 Å². The number of ether oxygens (including phenoxy) is 1. The zero-order valence-electron chi connectivity index (χ0n) is 31.4. The van der Waals surface area contributed by atoms with Crippen molar-refractivity contribution in [2.45, 2.75) is 105 Å². The number of aryl methyl sites for hydroxylation is 2. The Balaban J connectivity index is 0.860. The van der Waals surface area contributed by atoms with Crippen LogP contribution in [0.15, 0.2) is 57.3 Å². The lowest BCUT2D eigenvalue weighted by molar-refractivity contribution is -0.363. The third kappa shape index (κ3) is 7.72. The van der Waals surface area contributed by atoms with E-state index in [0.29, 0.717) is 59.4 Å². The fraction of sp³-hybridized carbons (Fsp3) is 0.462. The summed E-state index contributed by atoms with van der Waals surface area (Å²) in [6.07, 6.45) is 11.7. The van der Waals surface area contributed by atoms with E-state index in [2.05, 4.69) is 20.3 Å². The van der Waals surface area contributed by atoms with Gasteiger partial charge in [-0.05, 0) is 88.0 Å². The molecule has 0 fully saturated rings. The van der Waals surface area contributed by atoms with Crippen LogP contribution in [-0.4, -0.2) is 60.2 Å². The minimum atomic E-state index is -3.91. The molecule has 53 heavy (non-hydrogen) atoms. The zero-order chi connectivity index (χ0) is 37.9. The van der Waals surface area contributed by atoms with Crippen LogP contribution < -0.4 is 21.3 Å². The van der Waals surface area contributed by atoms with Gasteiger partial charge in [-0.25, -0.2) is 9.78 Å². The molecule has 14 heteroatoms. The first-order valence-electron chi connectivity index (χ1n) is 18.9. The van der Waals surface area contributed by atoms with Crippen LogP contribution in [0, 0.1) is 13.8 Å². The van der Waals surface area contributed by atoms with E-state index in [-0.39, 0.29) is 23.7 Å². The number of halogens is 2. The summed E-state index contributed by atoms with van der Waals surface area (Å²) >= 11 is 0. The number of unbranched alkanes of at least 4 members (excludes halogenated alkanes) is 7. The third-order valence-electron chi connectivity index (χ3n) is 10.3. The fourth-order valence-electron chi connectivity index (χ4n) is 7.87. The molecule has 0 atom stereocenters. The van der Waals surface area contributed by atoms with Crippen molar-refractivity contribution in [2.75, 3.05) is 13.2 Å². The predicted molar refractivity (Wildman–Crippen MR) is 206 cm³/mol. The van der Waals surface area contributed by atoms with E-state index in [1.165, 1.54) is 8.96 Å². The molecule has 2 aliphatic heterocycles. The molecule has 3 N–H and O–H groups in total. The van der Waals surface area contributed by atoms with Gasteiger partial charge in [0.2, 0.25) is 0 Å². The van der Waals surface area contributed by atoms with Crippen molar-refractivity contribution in [1.82, 2.24) is 29.3 Å². The number of fused-ring (bicyclic) bond motifs is 3. The van der Waals surface area contributed by atoms with Gasteiger partial charge in [0, 0.05) is 48.5 Å². The van der Waals surface area contributed by atoms with Gasteiger partial charge in [-0.15, -0.1) is 0 Å². The van der Waals surface area contributed by atoms with E-state index in [1.54, 1.807) is 38.1 Å². The summed E-state index contributed by atoms with van der Waals surface area (Å²) < 4.78 is 40.9. The maximum absolute atomic E-state index is 15.7. The molecule has 0 radical (unpaired) electrons. The number of aromatic nitrogens is 5. The van der Waals surface area contributed by atoms with Crippen molar-refractivity contribution in [3.05, 3.63) is 85.5 Å².